The lowest BCUT2D eigenvalue weighted by Gasteiger charge is -2.24. The van der Waals surface area contributed by atoms with Crippen molar-refractivity contribution in [3.05, 3.63) is 24.5 Å². The van der Waals surface area contributed by atoms with Crippen molar-refractivity contribution < 1.29 is 0 Å². The Morgan fingerprint density at radius 1 is 1.29 bits per heavy atom. The molecule has 1 N–H and O–H groups in total. The van der Waals surface area contributed by atoms with Crippen molar-refractivity contribution in [3.8, 4) is 0 Å². The van der Waals surface area contributed by atoms with E-state index in [1.54, 1.807) is 0 Å². The maximum Gasteiger partial charge on any atom is 0.0553 e. The molecule has 5 heteroatoms. The van der Waals surface area contributed by atoms with Crippen LogP contribution in [0, 0.1) is 5.92 Å². The zero-order valence-electron chi connectivity index (χ0n) is 9.71. The van der Waals surface area contributed by atoms with Gasteiger partial charge in [0.2, 0.25) is 0 Å². The summed E-state index contributed by atoms with van der Waals surface area (Å²) >= 11 is 0. The van der Waals surface area contributed by atoms with Gasteiger partial charge in [-0.15, -0.1) is 24.8 Å². The summed E-state index contributed by atoms with van der Waals surface area (Å²) in [6, 6.07) is 4.88. The number of piperidine rings is 1. The molecule has 0 amide bonds. The summed E-state index contributed by atoms with van der Waals surface area (Å²) in [7, 11) is 0. The van der Waals surface area contributed by atoms with Crippen molar-refractivity contribution in [2.24, 2.45) is 5.92 Å². The van der Waals surface area contributed by atoms with Crippen LogP contribution in [-0.2, 0) is 0 Å². The Hall–Kier alpha value is -0.510. The van der Waals surface area contributed by atoms with Crippen LogP contribution in [0.1, 0.15) is 12.8 Å². The Kier molecular flexibility index (Phi) is 5.50. The van der Waals surface area contributed by atoms with Gasteiger partial charge < -0.3 is 10.2 Å². The van der Waals surface area contributed by atoms with E-state index in [2.05, 4.69) is 21.3 Å². The number of nitrogens with zero attached hydrogens (tertiary/aromatic N) is 2. The monoisotopic (exact) mass is 275 g/mol. The molecule has 2 aliphatic heterocycles. The molecule has 0 spiro atoms. The third-order valence-electron chi connectivity index (χ3n) is 3.61. The van der Waals surface area contributed by atoms with Crippen molar-refractivity contribution in [1.82, 2.24) is 10.3 Å². The molecule has 2 saturated heterocycles. The first-order valence-corrected chi connectivity index (χ1v) is 5.82. The van der Waals surface area contributed by atoms with Crippen LogP contribution in [-0.4, -0.2) is 30.7 Å². The van der Waals surface area contributed by atoms with Crippen LogP contribution in [0.5, 0.6) is 0 Å². The SMILES string of the molecule is Cl.Cl.c1cncc(N2CC3CCCNC3C2)c1. The maximum atomic E-state index is 4.18. The van der Waals surface area contributed by atoms with E-state index >= 15 is 0 Å². The van der Waals surface area contributed by atoms with Crippen LogP contribution in [0.3, 0.4) is 0 Å². The highest BCUT2D eigenvalue weighted by atomic mass is 35.5. The van der Waals surface area contributed by atoms with Crippen LogP contribution in [0.25, 0.3) is 0 Å². The molecule has 1 aromatic heterocycles. The minimum absolute atomic E-state index is 0. The molecule has 1 aromatic rings. The van der Waals surface area contributed by atoms with Crippen molar-refractivity contribution in [2.75, 3.05) is 24.5 Å². The van der Waals surface area contributed by atoms with Crippen LogP contribution in [0.4, 0.5) is 5.69 Å². The summed E-state index contributed by atoms with van der Waals surface area (Å²) < 4.78 is 0. The molecule has 2 unspecified atom stereocenters. The van der Waals surface area contributed by atoms with Gasteiger partial charge in [0.1, 0.15) is 0 Å². The topological polar surface area (TPSA) is 28.2 Å². The van der Waals surface area contributed by atoms with Crippen molar-refractivity contribution in [3.63, 3.8) is 0 Å². The second-order valence-corrected chi connectivity index (χ2v) is 4.58. The van der Waals surface area contributed by atoms with Gasteiger partial charge in [-0.05, 0) is 37.4 Å². The van der Waals surface area contributed by atoms with Gasteiger partial charge in [-0.25, -0.2) is 0 Å². The first-order valence-electron chi connectivity index (χ1n) is 5.82. The number of anilines is 1. The number of rotatable bonds is 1. The van der Waals surface area contributed by atoms with Crippen LogP contribution < -0.4 is 10.2 Å². The number of fused-ring (bicyclic) bond motifs is 1. The second kappa shape index (κ2) is 6.43. The standard InChI is InChI=1S/C12H17N3.2ClH/c1-3-10-8-15(9-12(10)14-6-1)11-4-2-5-13-7-11;;/h2,4-5,7,10,12,14H,1,3,6,8-9H2;2*1H. The predicted molar refractivity (Wildman–Crippen MR) is 75.5 cm³/mol. The summed E-state index contributed by atoms with van der Waals surface area (Å²) in [4.78, 5) is 6.64. The van der Waals surface area contributed by atoms with E-state index in [1.807, 2.05) is 18.5 Å². The van der Waals surface area contributed by atoms with Gasteiger partial charge in [-0.1, -0.05) is 0 Å². The fourth-order valence-corrected chi connectivity index (χ4v) is 2.80. The number of nitrogens with one attached hydrogen (secondary N) is 1. The first-order chi connectivity index (χ1) is 7.43. The third kappa shape index (κ3) is 3.03. The molecular weight excluding hydrogens is 257 g/mol. The number of hydrogen-bond donors (Lipinski definition) is 1. The van der Waals surface area contributed by atoms with Gasteiger partial charge in [-0.2, -0.15) is 0 Å². The average Bonchev–Trinajstić information content (AvgIpc) is 2.74. The van der Waals surface area contributed by atoms with Gasteiger partial charge in [0.25, 0.3) is 0 Å². The Bertz CT molecular complexity index is 320. The van der Waals surface area contributed by atoms with Crippen molar-refractivity contribution in [2.45, 2.75) is 18.9 Å². The normalized spacial score (nSPS) is 26.7. The molecule has 0 aromatic carbocycles. The highest BCUT2D eigenvalue weighted by Crippen LogP contribution is 2.28. The largest absolute Gasteiger partial charge is 0.368 e. The van der Waals surface area contributed by atoms with E-state index in [1.165, 1.54) is 31.6 Å². The molecule has 0 bridgehead atoms. The van der Waals surface area contributed by atoms with Crippen LogP contribution in [0.2, 0.25) is 0 Å². The van der Waals surface area contributed by atoms with Crippen molar-refractivity contribution in [1.29, 1.82) is 0 Å². The van der Waals surface area contributed by atoms with Crippen molar-refractivity contribution >= 4 is 30.5 Å². The summed E-state index contributed by atoms with van der Waals surface area (Å²) in [5.74, 6) is 0.846. The van der Waals surface area contributed by atoms with Crippen LogP contribution in [0.15, 0.2) is 24.5 Å². The van der Waals surface area contributed by atoms with Gasteiger partial charge in [-0.3, -0.25) is 4.98 Å². The molecule has 2 atom stereocenters. The number of pyridine rings is 1. The number of aromatic nitrogens is 1. The summed E-state index contributed by atoms with van der Waals surface area (Å²) in [5.41, 5.74) is 1.27. The number of halogens is 2. The summed E-state index contributed by atoms with van der Waals surface area (Å²) in [5, 5.41) is 3.62. The lowest BCUT2D eigenvalue weighted by Crippen LogP contribution is -2.40. The molecule has 17 heavy (non-hydrogen) atoms. The quantitative estimate of drug-likeness (QED) is 0.851. The fourth-order valence-electron chi connectivity index (χ4n) is 2.80. The van der Waals surface area contributed by atoms with Gasteiger partial charge in [0, 0.05) is 25.3 Å². The molecule has 3 nitrogen and oxygen atoms in total. The fraction of sp³-hybridized carbons (Fsp3) is 0.583. The molecule has 0 aliphatic carbocycles. The molecule has 0 radical (unpaired) electrons. The zero-order valence-corrected chi connectivity index (χ0v) is 11.3. The lowest BCUT2D eigenvalue weighted by molar-refractivity contribution is 0.340. The van der Waals surface area contributed by atoms with Gasteiger partial charge in [0.15, 0.2) is 0 Å². The maximum absolute atomic E-state index is 4.18. The minimum atomic E-state index is 0. The lowest BCUT2D eigenvalue weighted by atomic mass is 9.94. The Morgan fingerprint density at radius 3 is 2.88 bits per heavy atom. The molecule has 2 fully saturated rings. The zero-order chi connectivity index (χ0) is 10.1. The molecule has 96 valence electrons. The minimum Gasteiger partial charge on any atom is -0.368 e. The van der Waals surface area contributed by atoms with Gasteiger partial charge in [0.05, 0.1) is 11.9 Å². The highest BCUT2D eigenvalue weighted by Gasteiger charge is 2.34. The highest BCUT2D eigenvalue weighted by molar-refractivity contribution is 5.85. The second-order valence-electron chi connectivity index (χ2n) is 4.58. The molecule has 0 saturated carbocycles. The van der Waals surface area contributed by atoms with E-state index in [9.17, 15) is 0 Å². The van der Waals surface area contributed by atoms with E-state index in [-0.39, 0.29) is 24.8 Å². The summed E-state index contributed by atoms with van der Waals surface area (Å²) in [6.45, 7) is 3.54. The smallest absolute Gasteiger partial charge is 0.0553 e. The van der Waals surface area contributed by atoms with Gasteiger partial charge >= 0.3 is 0 Å². The Labute approximate surface area is 115 Å². The molecule has 3 rings (SSSR count). The van der Waals surface area contributed by atoms with E-state index in [0.29, 0.717) is 6.04 Å². The summed E-state index contributed by atoms with van der Waals surface area (Å²) in [6.07, 6.45) is 6.53. The Balaban J connectivity index is 0.000000722. The predicted octanol–water partition coefficient (Wildman–Crippen LogP) is 2.11. The van der Waals surface area contributed by atoms with E-state index in [4.69, 9.17) is 0 Å². The number of hydrogen-bond acceptors (Lipinski definition) is 3. The first kappa shape index (κ1) is 14.6. The molecule has 3 heterocycles. The molecular formula is C12H19Cl2N3. The molecule has 2 aliphatic rings. The van der Waals surface area contributed by atoms with E-state index < -0.39 is 0 Å². The average molecular weight is 276 g/mol. The van der Waals surface area contributed by atoms with E-state index in [0.717, 1.165) is 12.5 Å². The third-order valence-corrected chi connectivity index (χ3v) is 3.61. The van der Waals surface area contributed by atoms with Crippen LogP contribution >= 0.6 is 24.8 Å². The Morgan fingerprint density at radius 2 is 2.18 bits per heavy atom.